The van der Waals surface area contributed by atoms with Gasteiger partial charge in [-0.25, -0.2) is 0 Å². The van der Waals surface area contributed by atoms with Crippen LogP contribution in [0.5, 0.6) is 5.75 Å². The quantitative estimate of drug-likeness (QED) is 0.744. The van der Waals surface area contributed by atoms with Gasteiger partial charge in [-0.3, -0.25) is 9.59 Å². The van der Waals surface area contributed by atoms with Crippen molar-refractivity contribution in [2.45, 2.75) is 25.9 Å². The lowest BCUT2D eigenvalue weighted by Gasteiger charge is -2.14. The summed E-state index contributed by atoms with van der Waals surface area (Å²) < 4.78 is 1.61. The Morgan fingerprint density at radius 3 is 2.81 bits per heavy atom. The second-order valence-corrected chi connectivity index (χ2v) is 6.95. The van der Waals surface area contributed by atoms with Crippen molar-refractivity contribution in [3.8, 4) is 5.75 Å². The number of rotatable bonds is 3. The Bertz CT molecular complexity index is 1100. The second-order valence-electron chi connectivity index (χ2n) is 6.54. The molecule has 5 nitrogen and oxygen atoms in total. The van der Waals surface area contributed by atoms with Crippen LogP contribution in [0.4, 0.5) is 0 Å². The van der Waals surface area contributed by atoms with Crippen LogP contribution in [0, 0.1) is 0 Å². The zero-order valence-electron chi connectivity index (χ0n) is 14.1. The molecule has 0 spiro atoms. The second kappa shape index (κ2) is 6.18. The largest absolute Gasteiger partial charge is 0.506 e. The average molecular weight is 369 g/mol. The van der Waals surface area contributed by atoms with Crippen LogP contribution in [0.1, 0.15) is 34.5 Å². The standard InChI is InChI=1S/C20H17ClN2O3/c1-11-9-12-6-4-7-14-17(12)23(11)20(26)16(18(14)24)19(25)22-10-13-5-2-3-8-15(13)21/h2-8,11,24H,9-10H2,1H3,(H,22,25). The average Bonchev–Trinajstić information content (AvgIpc) is 2.96. The highest BCUT2D eigenvalue weighted by Gasteiger charge is 2.29. The Labute approximate surface area is 154 Å². The highest BCUT2D eigenvalue weighted by Crippen LogP contribution is 2.35. The van der Waals surface area contributed by atoms with Crippen molar-refractivity contribution in [2.24, 2.45) is 0 Å². The highest BCUT2D eigenvalue weighted by molar-refractivity contribution is 6.31. The number of amides is 1. The predicted molar refractivity (Wildman–Crippen MR) is 101 cm³/mol. The van der Waals surface area contributed by atoms with Crippen LogP contribution >= 0.6 is 11.6 Å². The third-order valence-electron chi connectivity index (χ3n) is 4.87. The van der Waals surface area contributed by atoms with E-state index in [4.69, 9.17) is 11.6 Å². The summed E-state index contributed by atoms with van der Waals surface area (Å²) in [5, 5.41) is 14.4. The van der Waals surface area contributed by atoms with E-state index in [0.717, 1.165) is 11.1 Å². The Kier molecular flexibility index (Phi) is 3.96. The molecule has 2 N–H and O–H groups in total. The van der Waals surface area contributed by atoms with Crippen molar-refractivity contribution < 1.29 is 9.90 Å². The first-order chi connectivity index (χ1) is 12.5. The molecule has 132 valence electrons. The maximum absolute atomic E-state index is 12.9. The Hall–Kier alpha value is -2.79. The first-order valence-corrected chi connectivity index (χ1v) is 8.77. The third kappa shape index (κ3) is 2.47. The van der Waals surface area contributed by atoms with Crippen LogP contribution in [0.3, 0.4) is 0 Å². The monoisotopic (exact) mass is 368 g/mol. The smallest absolute Gasteiger partial charge is 0.267 e. The maximum Gasteiger partial charge on any atom is 0.267 e. The number of benzene rings is 2. The van der Waals surface area contributed by atoms with Crippen LogP contribution in [0.15, 0.2) is 47.3 Å². The molecule has 1 aliphatic heterocycles. The summed E-state index contributed by atoms with van der Waals surface area (Å²) in [5.74, 6) is -0.878. The van der Waals surface area contributed by atoms with E-state index < -0.39 is 11.5 Å². The molecular weight excluding hydrogens is 352 g/mol. The molecule has 0 saturated heterocycles. The lowest BCUT2D eigenvalue weighted by molar-refractivity contribution is 0.0946. The lowest BCUT2D eigenvalue weighted by Crippen LogP contribution is -2.33. The third-order valence-corrected chi connectivity index (χ3v) is 5.23. The van der Waals surface area contributed by atoms with Gasteiger partial charge in [0.1, 0.15) is 11.3 Å². The first-order valence-electron chi connectivity index (χ1n) is 8.39. The van der Waals surface area contributed by atoms with Crippen LogP contribution in [0.25, 0.3) is 10.9 Å². The van der Waals surface area contributed by atoms with Gasteiger partial charge >= 0.3 is 0 Å². The summed E-state index contributed by atoms with van der Waals surface area (Å²) in [6.45, 7) is 2.11. The van der Waals surface area contributed by atoms with Gasteiger partial charge in [-0.1, -0.05) is 41.9 Å². The Morgan fingerprint density at radius 1 is 1.27 bits per heavy atom. The Morgan fingerprint density at radius 2 is 2.04 bits per heavy atom. The molecule has 2 heterocycles. The number of para-hydroxylation sites is 1. The molecule has 1 unspecified atom stereocenters. The van der Waals surface area contributed by atoms with Crippen molar-refractivity contribution in [1.82, 2.24) is 9.88 Å². The number of halogens is 1. The SMILES string of the molecule is CC1Cc2cccc3c(O)c(C(=O)NCc4ccccc4Cl)c(=O)n1c23. The van der Waals surface area contributed by atoms with Crippen molar-refractivity contribution >= 4 is 28.4 Å². The van der Waals surface area contributed by atoms with Gasteiger partial charge in [0.2, 0.25) is 0 Å². The fourth-order valence-electron chi connectivity index (χ4n) is 3.63. The highest BCUT2D eigenvalue weighted by atomic mass is 35.5. The van der Waals surface area contributed by atoms with Crippen molar-refractivity contribution in [3.63, 3.8) is 0 Å². The van der Waals surface area contributed by atoms with Crippen LogP contribution in [-0.4, -0.2) is 15.6 Å². The molecule has 1 aromatic heterocycles. The van der Waals surface area contributed by atoms with Crippen molar-refractivity contribution in [3.05, 3.63) is 74.5 Å². The molecule has 2 aromatic carbocycles. The topological polar surface area (TPSA) is 71.3 Å². The van der Waals surface area contributed by atoms with Crippen LogP contribution in [0.2, 0.25) is 5.02 Å². The van der Waals surface area contributed by atoms with Gasteiger partial charge in [-0.2, -0.15) is 0 Å². The summed E-state index contributed by atoms with van der Waals surface area (Å²) in [7, 11) is 0. The number of pyridine rings is 1. The molecule has 6 heteroatoms. The van der Waals surface area contributed by atoms with E-state index in [0.29, 0.717) is 22.3 Å². The van der Waals surface area contributed by atoms with Crippen LogP contribution in [-0.2, 0) is 13.0 Å². The molecule has 1 aliphatic rings. The minimum Gasteiger partial charge on any atom is -0.506 e. The number of hydrogen-bond donors (Lipinski definition) is 2. The van der Waals surface area contributed by atoms with Gasteiger partial charge in [-0.05, 0) is 36.6 Å². The van der Waals surface area contributed by atoms with E-state index in [1.165, 1.54) is 0 Å². The van der Waals surface area contributed by atoms with Gasteiger partial charge < -0.3 is 15.0 Å². The molecular formula is C20H17ClN2O3. The van der Waals surface area contributed by atoms with E-state index in [2.05, 4.69) is 5.32 Å². The van der Waals surface area contributed by atoms with Gasteiger partial charge in [-0.15, -0.1) is 0 Å². The molecule has 3 aromatic rings. The lowest BCUT2D eigenvalue weighted by atomic mass is 10.1. The molecule has 1 amide bonds. The van der Waals surface area contributed by atoms with E-state index >= 15 is 0 Å². The van der Waals surface area contributed by atoms with E-state index in [9.17, 15) is 14.7 Å². The summed E-state index contributed by atoms with van der Waals surface area (Å²) in [4.78, 5) is 25.6. The Balaban J connectivity index is 1.77. The van der Waals surface area contributed by atoms with E-state index in [-0.39, 0.29) is 23.9 Å². The number of nitrogens with one attached hydrogen (secondary N) is 1. The van der Waals surface area contributed by atoms with Crippen molar-refractivity contribution in [1.29, 1.82) is 0 Å². The number of hydrogen-bond acceptors (Lipinski definition) is 3. The van der Waals surface area contributed by atoms with Gasteiger partial charge in [0.15, 0.2) is 0 Å². The molecule has 0 aliphatic carbocycles. The fourth-order valence-corrected chi connectivity index (χ4v) is 3.83. The van der Waals surface area contributed by atoms with Gasteiger partial charge in [0.25, 0.3) is 11.5 Å². The normalized spacial score (nSPS) is 15.4. The predicted octanol–water partition coefficient (Wildman–Crippen LogP) is 3.41. The van der Waals surface area contributed by atoms with E-state index in [1.54, 1.807) is 28.8 Å². The van der Waals surface area contributed by atoms with Crippen molar-refractivity contribution in [2.75, 3.05) is 0 Å². The summed E-state index contributed by atoms with van der Waals surface area (Å²) in [6.07, 6.45) is 0.705. The maximum atomic E-state index is 12.9. The number of aromatic hydroxyl groups is 1. The van der Waals surface area contributed by atoms with E-state index in [1.807, 2.05) is 25.1 Å². The molecule has 0 fully saturated rings. The minimum absolute atomic E-state index is 0.0573. The number of carbonyl (C=O) groups is 1. The molecule has 4 rings (SSSR count). The van der Waals surface area contributed by atoms with Gasteiger partial charge in [0, 0.05) is 23.0 Å². The summed E-state index contributed by atoms with van der Waals surface area (Å²) in [5.41, 5.74) is 1.76. The molecule has 0 bridgehead atoms. The number of nitrogens with zero attached hydrogens (tertiary/aromatic N) is 1. The fraction of sp³-hybridized carbons (Fsp3) is 0.200. The first kappa shape index (κ1) is 16.7. The zero-order valence-corrected chi connectivity index (χ0v) is 14.9. The molecule has 0 saturated carbocycles. The summed E-state index contributed by atoms with van der Waals surface area (Å²) >= 11 is 6.10. The zero-order chi connectivity index (χ0) is 18.4. The summed E-state index contributed by atoms with van der Waals surface area (Å²) in [6, 6.07) is 12.6. The minimum atomic E-state index is -0.609. The number of aromatic nitrogens is 1. The van der Waals surface area contributed by atoms with Crippen LogP contribution < -0.4 is 10.9 Å². The number of carbonyl (C=O) groups excluding carboxylic acids is 1. The molecule has 0 radical (unpaired) electrons. The molecule has 26 heavy (non-hydrogen) atoms. The molecule has 1 atom stereocenters. The van der Waals surface area contributed by atoms with Gasteiger partial charge in [0.05, 0.1) is 5.52 Å².